The van der Waals surface area contributed by atoms with E-state index in [0.717, 1.165) is 18.5 Å². The summed E-state index contributed by atoms with van der Waals surface area (Å²) in [5.74, 6) is -0.0243. The molecule has 0 spiro atoms. The molecule has 5 heteroatoms. The SMILES string of the molecule is NCCNC(=O)Cc1nncc2c1CCCC2. The lowest BCUT2D eigenvalue weighted by Crippen LogP contribution is -2.31. The van der Waals surface area contributed by atoms with Crippen molar-refractivity contribution in [2.24, 2.45) is 5.73 Å². The number of hydrogen-bond acceptors (Lipinski definition) is 4. The molecule has 1 amide bonds. The van der Waals surface area contributed by atoms with Crippen molar-refractivity contribution in [1.82, 2.24) is 15.5 Å². The van der Waals surface area contributed by atoms with Crippen molar-refractivity contribution in [2.45, 2.75) is 32.1 Å². The average molecular weight is 234 g/mol. The summed E-state index contributed by atoms with van der Waals surface area (Å²) >= 11 is 0. The largest absolute Gasteiger partial charge is 0.354 e. The van der Waals surface area contributed by atoms with Crippen LogP contribution < -0.4 is 11.1 Å². The summed E-state index contributed by atoms with van der Waals surface area (Å²) in [6.07, 6.45) is 6.60. The molecule has 92 valence electrons. The molecule has 0 saturated heterocycles. The predicted octanol–water partition coefficient (Wildman–Crippen LogP) is -0.0272. The highest BCUT2D eigenvalue weighted by atomic mass is 16.1. The molecular formula is C12H18N4O. The zero-order valence-electron chi connectivity index (χ0n) is 9.91. The first kappa shape index (κ1) is 12.0. The Labute approximate surface area is 101 Å². The van der Waals surface area contributed by atoms with Gasteiger partial charge in [-0.3, -0.25) is 4.79 Å². The van der Waals surface area contributed by atoms with E-state index in [0.29, 0.717) is 19.5 Å². The Hall–Kier alpha value is -1.49. The highest BCUT2D eigenvalue weighted by Crippen LogP contribution is 2.22. The maximum Gasteiger partial charge on any atom is 0.226 e. The van der Waals surface area contributed by atoms with Gasteiger partial charge in [-0.25, -0.2) is 0 Å². The molecule has 0 radical (unpaired) electrons. The Balaban J connectivity index is 2.08. The van der Waals surface area contributed by atoms with Crippen LogP contribution in [0.2, 0.25) is 0 Å². The molecule has 0 unspecified atom stereocenters. The van der Waals surface area contributed by atoms with E-state index < -0.39 is 0 Å². The monoisotopic (exact) mass is 234 g/mol. The Morgan fingerprint density at radius 2 is 2.24 bits per heavy atom. The number of carbonyl (C=O) groups is 1. The Morgan fingerprint density at radius 1 is 1.41 bits per heavy atom. The van der Waals surface area contributed by atoms with Crippen LogP contribution in [0.15, 0.2) is 6.20 Å². The molecule has 1 aromatic rings. The molecule has 3 N–H and O–H groups in total. The maximum absolute atomic E-state index is 11.6. The van der Waals surface area contributed by atoms with Crippen LogP contribution in [-0.2, 0) is 24.1 Å². The van der Waals surface area contributed by atoms with Crippen molar-refractivity contribution in [3.63, 3.8) is 0 Å². The third kappa shape index (κ3) is 3.00. The van der Waals surface area contributed by atoms with E-state index >= 15 is 0 Å². The molecule has 0 fully saturated rings. The topological polar surface area (TPSA) is 80.9 Å². The second kappa shape index (κ2) is 5.72. The third-order valence-electron chi connectivity index (χ3n) is 3.05. The number of nitrogens with one attached hydrogen (secondary N) is 1. The van der Waals surface area contributed by atoms with Gasteiger partial charge < -0.3 is 11.1 Å². The van der Waals surface area contributed by atoms with Gasteiger partial charge >= 0.3 is 0 Å². The van der Waals surface area contributed by atoms with Gasteiger partial charge in [0.25, 0.3) is 0 Å². The van der Waals surface area contributed by atoms with Gasteiger partial charge in [-0.05, 0) is 36.8 Å². The standard InChI is InChI=1S/C12H18N4O/c13-5-6-14-12(17)7-11-10-4-2-1-3-9(10)8-15-16-11/h8H,1-7,13H2,(H,14,17). The molecular weight excluding hydrogens is 216 g/mol. The summed E-state index contributed by atoms with van der Waals surface area (Å²) in [6.45, 7) is 0.978. The number of hydrogen-bond donors (Lipinski definition) is 2. The third-order valence-corrected chi connectivity index (χ3v) is 3.05. The van der Waals surface area contributed by atoms with Crippen LogP contribution in [0.4, 0.5) is 0 Å². The molecule has 0 atom stereocenters. The number of nitrogens with zero attached hydrogens (tertiary/aromatic N) is 2. The quantitative estimate of drug-likeness (QED) is 0.766. The Kier molecular flexibility index (Phi) is 4.03. The van der Waals surface area contributed by atoms with Crippen LogP contribution in [-0.4, -0.2) is 29.2 Å². The van der Waals surface area contributed by atoms with E-state index in [-0.39, 0.29) is 5.91 Å². The summed E-state index contributed by atoms with van der Waals surface area (Å²) in [4.78, 5) is 11.6. The zero-order valence-corrected chi connectivity index (χ0v) is 9.91. The van der Waals surface area contributed by atoms with Gasteiger partial charge in [-0.2, -0.15) is 10.2 Å². The van der Waals surface area contributed by atoms with Crippen LogP contribution in [0.25, 0.3) is 0 Å². The van der Waals surface area contributed by atoms with Crippen LogP contribution in [0.5, 0.6) is 0 Å². The minimum absolute atomic E-state index is 0.0243. The average Bonchev–Trinajstić information content (AvgIpc) is 2.37. The van der Waals surface area contributed by atoms with Crippen LogP contribution in [0, 0.1) is 0 Å². The van der Waals surface area contributed by atoms with E-state index in [1.165, 1.54) is 24.0 Å². The summed E-state index contributed by atoms with van der Waals surface area (Å²) in [7, 11) is 0. The smallest absolute Gasteiger partial charge is 0.226 e. The normalized spacial score (nSPS) is 14.2. The number of nitrogens with two attached hydrogens (primary N) is 1. The molecule has 0 bridgehead atoms. The van der Waals surface area contributed by atoms with E-state index in [2.05, 4.69) is 15.5 Å². The van der Waals surface area contributed by atoms with Gasteiger partial charge in [0.05, 0.1) is 18.3 Å². The second-order valence-electron chi connectivity index (χ2n) is 4.32. The number of aromatic nitrogens is 2. The van der Waals surface area contributed by atoms with Crippen molar-refractivity contribution >= 4 is 5.91 Å². The molecule has 1 heterocycles. The molecule has 1 aliphatic rings. The number of aryl methyl sites for hydroxylation is 1. The summed E-state index contributed by atoms with van der Waals surface area (Å²) < 4.78 is 0. The predicted molar refractivity (Wildman–Crippen MR) is 64.4 cm³/mol. The van der Waals surface area contributed by atoms with Crippen LogP contribution in [0.1, 0.15) is 29.7 Å². The van der Waals surface area contributed by atoms with Crippen molar-refractivity contribution in [3.8, 4) is 0 Å². The van der Waals surface area contributed by atoms with E-state index in [4.69, 9.17) is 5.73 Å². The molecule has 5 nitrogen and oxygen atoms in total. The van der Waals surface area contributed by atoms with Gasteiger partial charge in [0.2, 0.25) is 5.91 Å². The lowest BCUT2D eigenvalue weighted by atomic mass is 9.91. The summed E-state index contributed by atoms with van der Waals surface area (Å²) in [6, 6.07) is 0. The van der Waals surface area contributed by atoms with Crippen molar-refractivity contribution < 1.29 is 4.79 Å². The van der Waals surface area contributed by atoms with Crippen molar-refractivity contribution in [2.75, 3.05) is 13.1 Å². The van der Waals surface area contributed by atoms with Crippen molar-refractivity contribution in [1.29, 1.82) is 0 Å². The van der Waals surface area contributed by atoms with E-state index in [9.17, 15) is 4.79 Å². The fraction of sp³-hybridized carbons (Fsp3) is 0.583. The van der Waals surface area contributed by atoms with Crippen LogP contribution in [0.3, 0.4) is 0 Å². The first-order valence-electron chi connectivity index (χ1n) is 6.10. The first-order valence-corrected chi connectivity index (χ1v) is 6.10. The van der Waals surface area contributed by atoms with Crippen LogP contribution >= 0.6 is 0 Å². The fourth-order valence-electron chi connectivity index (χ4n) is 2.20. The number of fused-ring (bicyclic) bond motifs is 1. The number of rotatable bonds is 4. The molecule has 0 saturated carbocycles. The molecule has 0 aromatic carbocycles. The van der Waals surface area contributed by atoms with E-state index in [1.807, 2.05) is 6.20 Å². The van der Waals surface area contributed by atoms with Gasteiger partial charge in [-0.15, -0.1) is 0 Å². The minimum atomic E-state index is -0.0243. The summed E-state index contributed by atoms with van der Waals surface area (Å²) in [5, 5.41) is 10.8. The molecule has 1 aliphatic carbocycles. The number of carbonyl (C=O) groups excluding carboxylic acids is 1. The summed E-state index contributed by atoms with van der Waals surface area (Å²) in [5.41, 5.74) is 8.66. The van der Waals surface area contributed by atoms with Gasteiger partial charge in [0, 0.05) is 13.1 Å². The zero-order chi connectivity index (χ0) is 12.1. The highest BCUT2D eigenvalue weighted by Gasteiger charge is 2.16. The van der Waals surface area contributed by atoms with Gasteiger partial charge in [-0.1, -0.05) is 0 Å². The Morgan fingerprint density at radius 3 is 3.06 bits per heavy atom. The lowest BCUT2D eigenvalue weighted by molar-refractivity contribution is -0.120. The maximum atomic E-state index is 11.6. The lowest BCUT2D eigenvalue weighted by Gasteiger charge is -2.17. The molecule has 2 rings (SSSR count). The molecule has 0 aliphatic heterocycles. The minimum Gasteiger partial charge on any atom is -0.354 e. The first-order chi connectivity index (χ1) is 8.31. The van der Waals surface area contributed by atoms with E-state index in [1.54, 1.807) is 0 Å². The van der Waals surface area contributed by atoms with Gasteiger partial charge in [0.15, 0.2) is 0 Å². The van der Waals surface area contributed by atoms with Crippen molar-refractivity contribution in [3.05, 3.63) is 23.0 Å². The Bertz CT molecular complexity index is 405. The van der Waals surface area contributed by atoms with Gasteiger partial charge in [0.1, 0.15) is 0 Å². The second-order valence-corrected chi connectivity index (χ2v) is 4.32. The number of amides is 1. The fourth-order valence-corrected chi connectivity index (χ4v) is 2.20. The highest BCUT2D eigenvalue weighted by molar-refractivity contribution is 5.78. The molecule has 17 heavy (non-hydrogen) atoms. The molecule has 1 aromatic heterocycles.